The third-order valence-electron chi connectivity index (χ3n) is 9.20. The maximum atomic E-state index is 6.43. The third-order valence-corrected chi connectivity index (χ3v) is 9.20. The Hall–Kier alpha value is -6.06. The van der Waals surface area contributed by atoms with Crippen molar-refractivity contribution in [2.45, 2.75) is 0 Å². The summed E-state index contributed by atoms with van der Waals surface area (Å²) < 4.78 is 15.0. The van der Waals surface area contributed by atoms with E-state index in [0.717, 1.165) is 60.7 Å². The lowest BCUT2D eigenvalue weighted by Crippen LogP contribution is -1.93. The average Bonchev–Trinajstić information content (AvgIpc) is 3.76. The molecule has 0 saturated carbocycles. The molecule has 0 N–H and O–H groups in total. The van der Waals surface area contributed by atoms with E-state index < -0.39 is 0 Å². The van der Waals surface area contributed by atoms with Gasteiger partial charge in [0.2, 0.25) is 0 Å². The maximum Gasteiger partial charge on any atom is 0.136 e. The van der Waals surface area contributed by atoms with Crippen LogP contribution in [0.5, 0.6) is 0 Å². The summed E-state index contributed by atoms with van der Waals surface area (Å²) in [6.07, 6.45) is 0. The van der Waals surface area contributed by atoms with Crippen LogP contribution in [0.3, 0.4) is 0 Å². The van der Waals surface area contributed by atoms with Gasteiger partial charge in [0, 0.05) is 38.0 Å². The summed E-state index contributed by atoms with van der Waals surface area (Å²) in [7, 11) is 0. The number of benzene rings is 7. The summed E-state index contributed by atoms with van der Waals surface area (Å²) in [5.41, 5.74) is 11.7. The highest BCUT2D eigenvalue weighted by Gasteiger charge is 2.16. The van der Waals surface area contributed by atoms with Gasteiger partial charge in [0.15, 0.2) is 0 Å². The molecular formula is C42H25NO2. The molecule has 210 valence electrons. The van der Waals surface area contributed by atoms with Crippen LogP contribution < -0.4 is 0 Å². The van der Waals surface area contributed by atoms with Gasteiger partial charge in [0.25, 0.3) is 0 Å². The van der Waals surface area contributed by atoms with Gasteiger partial charge in [0.05, 0.1) is 11.0 Å². The first kappa shape index (κ1) is 24.4. The van der Waals surface area contributed by atoms with Crippen molar-refractivity contribution in [3.05, 3.63) is 152 Å². The summed E-state index contributed by atoms with van der Waals surface area (Å²) in [5.74, 6) is 0. The molecule has 3 aromatic heterocycles. The molecule has 10 aromatic rings. The van der Waals surface area contributed by atoms with Crippen LogP contribution >= 0.6 is 0 Å². The minimum Gasteiger partial charge on any atom is -0.456 e. The first-order valence-corrected chi connectivity index (χ1v) is 15.3. The van der Waals surface area contributed by atoms with E-state index in [-0.39, 0.29) is 0 Å². The summed E-state index contributed by atoms with van der Waals surface area (Å²) in [6, 6.07) is 53.7. The minimum absolute atomic E-state index is 0.874. The van der Waals surface area contributed by atoms with E-state index in [9.17, 15) is 0 Å². The van der Waals surface area contributed by atoms with Gasteiger partial charge in [-0.05, 0) is 89.0 Å². The molecule has 0 unspecified atom stereocenters. The molecule has 3 nitrogen and oxygen atoms in total. The molecule has 0 aliphatic rings. The van der Waals surface area contributed by atoms with Gasteiger partial charge < -0.3 is 13.4 Å². The molecule has 3 heteroatoms. The Kier molecular flexibility index (Phi) is 5.00. The smallest absolute Gasteiger partial charge is 0.136 e. The average molecular weight is 576 g/mol. The van der Waals surface area contributed by atoms with Crippen LogP contribution in [0, 0.1) is 0 Å². The Morgan fingerprint density at radius 2 is 0.889 bits per heavy atom. The van der Waals surface area contributed by atoms with Crippen molar-refractivity contribution >= 4 is 65.7 Å². The highest BCUT2D eigenvalue weighted by molar-refractivity contribution is 6.12. The number of rotatable bonds is 3. The number of furan rings is 2. The second-order valence-electron chi connectivity index (χ2n) is 11.8. The lowest BCUT2D eigenvalue weighted by molar-refractivity contribution is 0.668. The van der Waals surface area contributed by atoms with Crippen LogP contribution in [-0.4, -0.2) is 4.57 Å². The van der Waals surface area contributed by atoms with Crippen LogP contribution in [0.1, 0.15) is 0 Å². The topological polar surface area (TPSA) is 31.2 Å². The number of nitrogens with zero attached hydrogens (tertiary/aromatic N) is 1. The molecule has 0 fully saturated rings. The van der Waals surface area contributed by atoms with E-state index in [1.165, 1.54) is 32.9 Å². The second kappa shape index (κ2) is 9.22. The molecule has 0 aliphatic carbocycles. The number of fused-ring (bicyclic) bond motifs is 9. The summed E-state index contributed by atoms with van der Waals surface area (Å²) in [5, 5.41) is 6.97. The third kappa shape index (κ3) is 3.65. The van der Waals surface area contributed by atoms with Crippen molar-refractivity contribution in [3.8, 4) is 27.9 Å². The summed E-state index contributed by atoms with van der Waals surface area (Å²) in [4.78, 5) is 0. The molecule has 7 aromatic carbocycles. The molecule has 0 amide bonds. The normalized spacial score (nSPS) is 12.0. The summed E-state index contributed by atoms with van der Waals surface area (Å²) in [6.45, 7) is 0. The van der Waals surface area contributed by atoms with Crippen molar-refractivity contribution in [2.24, 2.45) is 0 Å². The van der Waals surface area contributed by atoms with Gasteiger partial charge in [-0.25, -0.2) is 0 Å². The van der Waals surface area contributed by atoms with Crippen LogP contribution in [0.4, 0.5) is 0 Å². The van der Waals surface area contributed by atoms with Crippen LogP contribution in [-0.2, 0) is 0 Å². The summed E-state index contributed by atoms with van der Waals surface area (Å²) >= 11 is 0. The van der Waals surface area contributed by atoms with Crippen molar-refractivity contribution < 1.29 is 8.83 Å². The lowest BCUT2D eigenvalue weighted by atomic mass is 10.0. The molecule has 45 heavy (non-hydrogen) atoms. The molecule has 0 aliphatic heterocycles. The van der Waals surface area contributed by atoms with Gasteiger partial charge in [-0.15, -0.1) is 0 Å². The quantitative estimate of drug-likeness (QED) is 0.210. The number of para-hydroxylation sites is 2. The molecule has 0 bridgehead atoms. The molecular weight excluding hydrogens is 550 g/mol. The van der Waals surface area contributed by atoms with Gasteiger partial charge in [-0.3, -0.25) is 0 Å². The molecule has 0 saturated heterocycles. The highest BCUT2D eigenvalue weighted by Crippen LogP contribution is 2.39. The molecule has 0 atom stereocenters. The van der Waals surface area contributed by atoms with E-state index in [2.05, 4.69) is 144 Å². The molecule has 0 spiro atoms. The van der Waals surface area contributed by atoms with Gasteiger partial charge >= 0.3 is 0 Å². The SMILES string of the molecule is c1ccc(-c2ccc3c(c2)c2ccccc2n3-c2ccc3oc4cc(-c5ccc6c(c5)oc5ccccc56)ccc4c3c2)cc1. The van der Waals surface area contributed by atoms with Crippen LogP contribution in [0.2, 0.25) is 0 Å². The lowest BCUT2D eigenvalue weighted by Gasteiger charge is -2.09. The molecule has 3 heterocycles. The van der Waals surface area contributed by atoms with E-state index in [0.29, 0.717) is 0 Å². The zero-order chi connectivity index (χ0) is 29.5. The van der Waals surface area contributed by atoms with Gasteiger partial charge in [0.1, 0.15) is 22.3 Å². The number of hydrogen-bond acceptors (Lipinski definition) is 2. The Morgan fingerprint density at radius 1 is 0.311 bits per heavy atom. The largest absolute Gasteiger partial charge is 0.456 e. The van der Waals surface area contributed by atoms with Gasteiger partial charge in [-0.2, -0.15) is 0 Å². The van der Waals surface area contributed by atoms with E-state index >= 15 is 0 Å². The van der Waals surface area contributed by atoms with Crippen LogP contribution in [0.25, 0.3) is 93.6 Å². The van der Waals surface area contributed by atoms with E-state index in [4.69, 9.17) is 8.83 Å². The predicted molar refractivity (Wildman–Crippen MR) is 186 cm³/mol. The zero-order valence-corrected chi connectivity index (χ0v) is 24.2. The van der Waals surface area contributed by atoms with Gasteiger partial charge in [-0.1, -0.05) is 84.9 Å². The molecule has 0 radical (unpaired) electrons. The minimum atomic E-state index is 0.874. The standard InChI is InChI=1S/C42H25NO2/c1-2-8-26(9-3-1)27-16-20-38-35(22-27)31-10-4-6-12-37(31)43(38)30-17-21-40-36(25-30)34-19-15-29(24-42(34)45-40)28-14-18-33-32-11-5-7-13-39(32)44-41(33)23-28/h1-25H. The first-order valence-electron chi connectivity index (χ1n) is 15.3. The Labute approximate surface area is 258 Å². The van der Waals surface area contributed by atoms with Crippen molar-refractivity contribution in [3.63, 3.8) is 0 Å². The van der Waals surface area contributed by atoms with Crippen molar-refractivity contribution in [2.75, 3.05) is 0 Å². The van der Waals surface area contributed by atoms with E-state index in [1.807, 2.05) is 12.1 Å². The number of aromatic nitrogens is 1. The maximum absolute atomic E-state index is 6.43. The van der Waals surface area contributed by atoms with Crippen molar-refractivity contribution in [1.82, 2.24) is 4.57 Å². The molecule has 10 rings (SSSR count). The first-order chi connectivity index (χ1) is 22.3. The predicted octanol–water partition coefficient (Wildman–Crippen LogP) is 11.9. The Bertz CT molecular complexity index is 2760. The van der Waals surface area contributed by atoms with Crippen LogP contribution in [0.15, 0.2) is 160 Å². The van der Waals surface area contributed by atoms with E-state index in [1.54, 1.807) is 0 Å². The fraction of sp³-hybridized carbons (Fsp3) is 0. The zero-order valence-electron chi connectivity index (χ0n) is 24.2. The monoisotopic (exact) mass is 575 g/mol. The van der Waals surface area contributed by atoms with Crippen molar-refractivity contribution in [1.29, 1.82) is 0 Å². The Morgan fingerprint density at radius 3 is 1.69 bits per heavy atom. The highest BCUT2D eigenvalue weighted by atomic mass is 16.3. The number of hydrogen-bond donors (Lipinski definition) is 0. The fourth-order valence-electron chi connectivity index (χ4n) is 7.05. The second-order valence-corrected chi connectivity index (χ2v) is 11.8. The fourth-order valence-corrected chi connectivity index (χ4v) is 7.05. The Balaban J connectivity index is 1.11.